The summed E-state index contributed by atoms with van der Waals surface area (Å²) < 4.78 is 113. The maximum Gasteiger partial charge on any atom is 0.510 e. The summed E-state index contributed by atoms with van der Waals surface area (Å²) in [4.78, 5) is 36.6. The van der Waals surface area contributed by atoms with E-state index in [4.69, 9.17) is 23.7 Å². The molecule has 0 amide bonds. The second-order valence-electron chi connectivity index (χ2n) is 9.29. The molecule has 2 aromatic rings. The topological polar surface area (TPSA) is 125 Å². The number of alkyl halides is 5. The summed E-state index contributed by atoms with van der Waals surface area (Å²) >= 11 is 0. The van der Waals surface area contributed by atoms with Gasteiger partial charge in [-0.05, 0) is 62.1 Å². The summed E-state index contributed by atoms with van der Waals surface area (Å²) in [6.45, 7) is 3.30. The molecule has 11 nitrogen and oxygen atoms in total. The van der Waals surface area contributed by atoms with Gasteiger partial charge in [0.05, 0.1) is 32.5 Å². The van der Waals surface area contributed by atoms with Gasteiger partial charge in [0.15, 0.2) is 6.10 Å². The van der Waals surface area contributed by atoms with E-state index in [1.54, 1.807) is 0 Å². The molecule has 0 radical (unpaired) electrons. The minimum absolute atomic E-state index is 0.230. The van der Waals surface area contributed by atoms with Gasteiger partial charge in [0.2, 0.25) is 6.10 Å². The van der Waals surface area contributed by atoms with Crippen molar-refractivity contribution in [2.75, 3.05) is 26.9 Å². The van der Waals surface area contributed by atoms with Crippen LogP contribution < -0.4 is 4.74 Å². The molecular weight excluding hydrogens is 619 g/mol. The van der Waals surface area contributed by atoms with Crippen molar-refractivity contribution in [2.45, 2.75) is 63.9 Å². The quantitative estimate of drug-likeness (QED) is 0.157. The lowest BCUT2D eigenvalue weighted by Crippen LogP contribution is -2.62. The van der Waals surface area contributed by atoms with Gasteiger partial charge in [-0.15, -0.1) is 0 Å². The van der Waals surface area contributed by atoms with Gasteiger partial charge < -0.3 is 37.9 Å². The van der Waals surface area contributed by atoms with Crippen LogP contribution in [0.3, 0.4) is 0 Å². The first-order valence-corrected chi connectivity index (χ1v) is 13.6. The molecule has 0 saturated carbocycles. The molecule has 45 heavy (non-hydrogen) atoms. The zero-order valence-electron chi connectivity index (χ0n) is 24.6. The van der Waals surface area contributed by atoms with Crippen molar-refractivity contribution in [2.24, 2.45) is 0 Å². The van der Waals surface area contributed by atoms with Crippen molar-refractivity contribution >= 4 is 18.5 Å². The van der Waals surface area contributed by atoms with Crippen LogP contribution in [0.5, 0.6) is 5.75 Å². The number of benzene rings is 2. The Morgan fingerprint density at radius 2 is 1.38 bits per heavy atom. The van der Waals surface area contributed by atoms with Gasteiger partial charge in [0.25, 0.3) is 6.29 Å². The van der Waals surface area contributed by atoms with E-state index in [2.05, 4.69) is 14.2 Å². The largest absolute Gasteiger partial charge is 0.510 e. The van der Waals surface area contributed by atoms with Crippen LogP contribution in [0.4, 0.5) is 36.3 Å². The van der Waals surface area contributed by atoms with Crippen LogP contribution in [0.1, 0.15) is 49.1 Å². The minimum atomic E-state index is -4.83. The lowest BCUT2D eigenvalue weighted by atomic mass is 9.89. The fourth-order valence-electron chi connectivity index (χ4n) is 4.39. The molecule has 2 aromatic carbocycles. The predicted molar refractivity (Wildman–Crippen MR) is 142 cm³/mol. The average Bonchev–Trinajstić information content (AvgIpc) is 2.96. The van der Waals surface area contributed by atoms with E-state index in [9.17, 15) is 27.6 Å². The molecule has 1 aliphatic heterocycles. The molecule has 248 valence electrons. The Balaban J connectivity index is 2.17. The summed E-state index contributed by atoms with van der Waals surface area (Å²) in [5.74, 6) is -3.95. The predicted octanol–water partition coefficient (Wildman–Crippen LogP) is 6.59. The summed E-state index contributed by atoms with van der Waals surface area (Å²) in [5.41, 5.74) is -1.16. The number of carbonyl (C=O) groups is 3. The highest BCUT2D eigenvalue weighted by Gasteiger charge is 2.65. The first-order valence-electron chi connectivity index (χ1n) is 13.6. The highest BCUT2D eigenvalue weighted by atomic mass is 19.4. The Bertz CT molecular complexity index is 1320. The number of halogens is 5. The molecular formula is C29H31F5O11. The Morgan fingerprint density at radius 1 is 0.822 bits per heavy atom. The van der Waals surface area contributed by atoms with Crippen LogP contribution >= 0.6 is 0 Å². The number of hydrogen-bond donors (Lipinski definition) is 0. The average molecular weight is 651 g/mol. The lowest BCUT2D eigenvalue weighted by Gasteiger charge is -2.44. The van der Waals surface area contributed by atoms with Crippen molar-refractivity contribution < 1.29 is 74.2 Å². The summed E-state index contributed by atoms with van der Waals surface area (Å²) in [6, 6.07) is 8.73. The molecule has 4 atom stereocenters. The van der Waals surface area contributed by atoms with Crippen LogP contribution in [0.2, 0.25) is 0 Å². The van der Waals surface area contributed by atoms with Crippen LogP contribution in [0.15, 0.2) is 42.5 Å². The van der Waals surface area contributed by atoms with Gasteiger partial charge in [0, 0.05) is 0 Å². The summed E-state index contributed by atoms with van der Waals surface area (Å²) in [7, 11) is 1.42. The standard InChI is InChI=1S/C29H31F5O11/c1-5-39-25(35)43-22-21(42-24(45-27(37)41-7-3)28(30,31)23(22)44-26(36)40-6-2)17-10-13-20(29(32,33)34)18(15-17)14-16-8-11-19(38-4)12-9-16/h8-13,15,21-24H,5-7,14H2,1-4H3/t21-,22-,23+,24+/m0/s1. The van der Waals surface area contributed by atoms with Crippen molar-refractivity contribution in [3.8, 4) is 5.75 Å². The van der Waals surface area contributed by atoms with E-state index in [-0.39, 0.29) is 37.4 Å². The Morgan fingerprint density at radius 3 is 1.91 bits per heavy atom. The Labute approximate surface area is 254 Å². The van der Waals surface area contributed by atoms with Gasteiger partial charge in [-0.3, -0.25) is 0 Å². The highest BCUT2D eigenvalue weighted by Crippen LogP contribution is 2.46. The molecule has 3 rings (SSSR count). The lowest BCUT2D eigenvalue weighted by molar-refractivity contribution is -0.346. The molecule has 1 fully saturated rings. The smallest absolute Gasteiger partial charge is 0.497 e. The molecule has 0 aromatic heterocycles. The highest BCUT2D eigenvalue weighted by molar-refractivity contribution is 5.62. The van der Waals surface area contributed by atoms with Gasteiger partial charge in [-0.25, -0.2) is 14.4 Å². The molecule has 1 aliphatic rings. The van der Waals surface area contributed by atoms with Crippen LogP contribution in [0.25, 0.3) is 0 Å². The van der Waals surface area contributed by atoms with E-state index in [0.29, 0.717) is 17.4 Å². The third kappa shape index (κ3) is 8.86. The van der Waals surface area contributed by atoms with Gasteiger partial charge >= 0.3 is 30.6 Å². The number of methoxy groups -OCH3 is 1. The van der Waals surface area contributed by atoms with E-state index in [0.717, 1.165) is 12.1 Å². The molecule has 0 bridgehead atoms. The molecule has 0 unspecified atom stereocenters. The zero-order valence-corrected chi connectivity index (χ0v) is 24.6. The van der Waals surface area contributed by atoms with Crippen LogP contribution in [0, 0.1) is 0 Å². The van der Waals surface area contributed by atoms with E-state index in [1.807, 2.05) is 0 Å². The van der Waals surface area contributed by atoms with Gasteiger partial charge in [0.1, 0.15) is 11.9 Å². The molecule has 0 N–H and O–H groups in total. The van der Waals surface area contributed by atoms with E-state index < -0.39 is 60.7 Å². The Hall–Kier alpha value is -4.34. The monoisotopic (exact) mass is 650 g/mol. The molecule has 1 heterocycles. The number of carbonyl (C=O) groups excluding carboxylic acids is 3. The maximum atomic E-state index is 15.8. The molecule has 16 heteroatoms. The first kappa shape index (κ1) is 35.1. The molecule has 0 spiro atoms. The third-order valence-corrected chi connectivity index (χ3v) is 6.32. The Kier molecular flexibility index (Phi) is 11.8. The summed E-state index contributed by atoms with van der Waals surface area (Å²) in [6.07, 6.45) is -19.5. The van der Waals surface area contributed by atoms with Gasteiger partial charge in [-0.2, -0.15) is 22.0 Å². The minimum Gasteiger partial charge on any atom is -0.497 e. The maximum absolute atomic E-state index is 15.8. The molecule has 1 saturated heterocycles. The van der Waals surface area contributed by atoms with Crippen molar-refractivity contribution in [1.82, 2.24) is 0 Å². The van der Waals surface area contributed by atoms with Crippen LogP contribution in [-0.2, 0) is 45.8 Å². The zero-order chi connectivity index (χ0) is 33.4. The first-order chi connectivity index (χ1) is 21.2. The SMILES string of the molecule is CCOC(=O)O[C@@H]1[C@@H](OC(=O)OCC)C(F)(F)[C@@H](OC(=O)OCC)O[C@H]1c1ccc(C(F)(F)F)c(Cc2ccc(OC)cc2)c1. The van der Waals surface area contributed by atoms with Crippen molar-refractivity contribution in [3.63, 3.8) is 0 Å². The van der Waals surface area contributed by atoms with Gasteiger partial charge in [-0.1, -0.05) is 24.3 Å². The molecule has 0 aliphatic carbocycles. The number of hydrogen-bond acceptors (Lipinski definition) is 11. The van der Waals surface area contributed by atoms with Crippen molar-refractivity contribution in [3.05, 3.63) is 64.7 Å². The second-order valence-corrected chi connectivity index (χ2v) is 9.29. The third-order valence-electron chi connectivity index (χ3n) is 6.32. The van der Waals surface area contributed by atoms with E-state index in [1.165, 1.54) is 52.1 Å². The van der Waals surface area contributed by atoms with E-state index >= 15 is 8.78 Å². The second kappa shape index (κ2) is 15.1. The fraction of sp³-hybridized carbons (Fsp3) is 0.483. The fourth-order valence-corrected chi connectivity index (χ4v) is 4.39. The number of rotatable bonds is 10. The number of ether oxygens (including phenoxy) is 8. The van der Waals surface area contributed by atoms with Crippen LogP contribution in [-0.4, -0.2) is 69.8 Å². The van der Waals surface area contributed by atoms with Crippen molar-refractivity contribution in [1.29, 1.82) is 0 Å². The normalized spacial score (nSPS) is 20.8. The summed E-state index contributed by atoms with van der Waals surface area (Å²) in [5, 5.41) is 0.